The van der Waals surface area contributed by atoms with E-state index in [9.17, 15) is 5.11 Å². The molecule has 2 atom stereocenters. The highest BCUT2D eigenvalue weighted by Crippen LogP contribution is 2.11. The fraction of sp³-hybridized carbons (Fsp3) is 0.625. The molecule has 1 rings (SSSR count). The molecule has 0 aliphatic rings. The Morgan fingerprint density at radius 1 is 1.27 bits per heavy atom. The number of aliphatic imine (C=N–C) groups is 1. The van der Waals surface area contributed by atoms with E-state index in [-0.39, 0.29) is 30.5 Å². The lowest BCUT2D eigenvalue weighted by Crippen LogP contribution is -2.38. The van der Waals surface area contributed by atoms with E-state index in [4.69, 9.17) is 5.73 Å². The summed E-state index contributed by atoms with van der Waals surface area (Å²) in [5, 5.41) is 13.2. The van der Waals surface area contributed by atoms with E-state index in [1.165, 1.54) is 12.8 Å². The van der Waals surface area contributed by atoms with E-state index >= 15 is 0 Å². The summed E-state index contributed by atoms with van der Waals surface area (Å²) in [5.74, 6) is 1.12. The quantitative estimate of drug-likeness (QED) is 0.343. The van der Waals surface area contributed by atoms with Crippen molar-refractivity contribution >= 4 is 29.9 Å². The molecule has 1 aromatic heterocycles. The molecule has 0 saturated heterocycles. The van der Waals surface area contributed by atoms with E-state index in [2.05, 4.69) is 36.1 Å². The molecule has 0 aromatic carbocycles. The number of halogens is 1. The van der Waals surface area contributed by atoms with Gasteiger partial charge in [-0.1, -0.05) is 26.7 Å². The Morgan fingerprint density at radius 3 is 2.50 bits per heavy atom. The first-order valence-corrected chi connectivity index (χ1v) is 7.63. The molecular weight excluding hydrogens is 391 g/mol. The summed E-state index contributed by atoms with van der Waals surface area (Å²) >= 11 is 0. The highest BCUT2D eigenvalue weighted by molar-refractivity contribution is 14.0. The highest BCUT2D eigenvalue weighted by Gasteiger charge is 2.07. The highest BCUT2D eigenvalue weighted by atomic mass is 127. The lowest BCUT2D eigenvalue weighted by molar-refractivity contribution is 0.187. The summed E-state index contributed by atoms with van der Waals surface area (Å²) in [5.41, 5.74) is 6.65. The van der Waals surface area contributed by atoms with Gasteiger partial charge in [0.05, 0.1) is 12.6 Å². The predicted molar refractivity (Wildman–Crippen MR) is 102 cm³/mol. The van der Waals surface area contributed by atoms with Gasteiger partial charge >= 0.3 is 0 Å². The molecule has 0 aliphatic heterocycles. The van der Waals surface area contributed by atoms with E-state index in [0.717, 1.165) is 17.9 Å². The van der Waals surface area contributed by atoms with Crippen LogP contribution < -0.4 is 11.1 Å². The molecule has 0 saturated carbocycles. The van der Waals surface area contributed by atoms with Gasteiger partial charge < -0.3 is 16.2 Å². The van der Waals surface area contributed by atoms with Gasteiger partial charge in [0.25, 0.3) is 0 Å². The lowest BCUT2D eigenvalue weighted by atomic mass is 10.0. The second-order valence-electron chi connectivity index (χ2n) is 5.89. The van der Waals surface area contributed by atoms with Gasteiger partial charge in [-0.3, -0.25) is 9.98 Å². The SMILES string of the molecule is CC(C)CCCC(C)NC(N)=NCC(O)c1ccncc1.I. The third-order valence-corrected chi connectivity index (χ3v) is 3.34. The van der Waals surface area contributed by atoms with Crippen LogP contribution in [0.2, 0.25) is 0 Å². The number of rotatable bonds is 8. The molecule has 0 bridgehead atoms. The first-order valence-electron chi connectivity index (χ1n) is 7.63. The third-order valence-electron chi connectivity index (χ3n) is 3.34. The minimum atomic E-state index is -0.649. The van der Waals surface area contributed by atoms with Gasteiger partial charge in [-0.25, -0.2) is 0 Å². The molecule has 6 heteroatoms. The molecule has 0 spiro atoms. The van der Waals surface area contributed by atoms with Crippen LogP contribution in [-0.2, 0) is 0 Å². The summed E-state index contributed by atoms with van der Waals surface area (Å²) in [6.07, 6.45) is 6.13. The Balaban J connectivity index is 0.00000441. The first-order chi connectivity index (χ1) is 9.99. The van der Waals surface area contributed by atoms with E-state index in [1.807, 2.05) is 0 Å². The number of hydrogen-bond donors (Lipinski definition) is 3. The number of pyridine rings is 1. The zero-order valence-electron chi connectivity index (χ0n) is 13.7. The van der Waals surface area contributed by atoms with E-state index in [1.54, 1.807) is 24.5 Å². The third kappa shape index (κ3) is 9.19. The molecule has 0 aliphatic carbocycles. The average Bonchev–Trinajstić information content (AvgIpc) is 2.45. The maximum Gasteiger partial charge on any atom is 0.188 e. The Labute approximate surface area is 150 Å². The largest absolute Gasteiger partial charge is 0.386 e. The van der Waals surface area contributed by atoms with Gasteiger partial charge in [0.15, 0.2) is 5.96 Å². The van der Waals surface area contributed by atoms with Crippen LogP contribution in [-0.4, -0.2) is 28.6 Å². The maximum absolute atomic E-state index is 9.99. The lowest BCUT2D eigenvalue weighted by Gasteiger charge is -2.15. The normalized spacial score (nSPS) is 14.3. The number of aliphatic hydroxyl groups is 1. The molecule has 5 nitrogen and oxygen atoms in total. The van der Waals surface area contributed by atoms with Crippen LogP contribution in [0.3, 0.4) is 0 Å². The van der Waals surface area contributed by atoms with Crippen molar-refractivity contribution in [1.82, 2.24) is 10.3 Å². The van der Waals surface area contributed by atoms with Crippen LogP contribution in [0.1, 0.15) is 51.7 Å². The van der Waals surface area contributed by atoms with Crippen molar-refractivity contribution in [3.8, 4) is 0 Å². The number of hydrogen-bond acceptors (Lipinski definition) is 3. The minimum absolute atomic E-state index is 0. The number of nitrogens with one attached hydrogen (secondary N) is 1. The van der Waals surface area contributed by atoms with Crippen LogP contribution in [0.5, 0.6) is 0 Å². The van der Waals surface area contributed by atoms with Gasteiger partial charge in [0, 0.05) is 18.4 Å². The standard InChI is InChI=1S/C16H28N4O.HI/c1-12(2)5-4-6-13(3)20-16(17)19-11-15(21)14-7-9-18-10-8-14;/h7-10,12-13,15,21H,4-6,11H2,1-3H3,(H3,17,19,20);1H. The topological polar surface area (TPSA) is 83.5 Å². The van der Waals surface area contributed by atoms with Gasteiger partial charge in [-0.05, 0) is 37.0 Å². The fourth-order valence-electron chi connectivity index (χ4n) is 2.08. The number of aliphatic hydroxyl groups excluding tert-OH is 1. The van der Waals surface area contributed by atoms with Gasteiger partial charge in [0.1, 0.15) is 0 Å². The molecule has 1 aromatic rings. The van der Waals surface area contributed by atoms with Crippen molar-refractivity contribution in [2.24, 2.45) is 16.6 Å². The summed E-state index contributed by atoms with van der Waals surface area (Å²) in [6.45, 7) is 6.81. The van der Waals surface area contributed by atoms with Gasteiger partial charge in [-0.2, -0.15) is 0 Å². The Bertz CT molecular complexity index is 425. The zero-order valence-corrected chi connectivity index (χ0v) is 16.0. The number of nitrogens with two attached hydrogens (primary N) is 1. The van der Waals surface area contributed by atoms with Crippen molar-refractivity contribution in [2.75, 3.05) is 6.54 Å². The second kappa shape index (κ2) is 11.6. The molecule has 0 fully saturated rings. The molecule has 22 heavy (non-hydrogen) atoms. The van der Waals surface area contributed by atoms with Crippen molar-refractivity contribution in [2.45, 2.75) is 52.2 Å². The minimum Gasteiger partial charge on any atom is -0.386 e. The summed E-state index contributed by atoms with van der Waals surface area (Å²) in [7, 11) is 0. The molecule has 1 heterocycles. The summed E-state index contributed by atoms with van der Waals surface area (Å²) < 4.78 is 0. The fourth-order valence-corrected chi connectivity index (χ4v) is 2.08. The molecule has 2 unspecified atom stereocenters. The van der Waals surface area contributed by atoms with Crippen LogP contribution in [0.4, 0.5) is 0 Å². The van der Waals surface area contributed by atoms with Gasteiger partial charge in [0.2, 0.25) is 0 Å². The van der Waals surface area contributed by atoms with Crippen LogP contribution >= 0.6 is 24.0 Å². The average molecular weight is 420 g/mol. The molecule has 126 valence electrons. The summed E-state index contributed by atoms with van der Waals surface area (Å²) in [4.78, 5) is 8.12. The van der Waals surface area contributed by atoms with Crippen molar-refractivity contribution < 1.29 is 5.11 Å². The van der Waals surface area contributed by atoms with Gasteiger partial charge in [-0.15, -0.1) is 24.0 Å². The molecular formula is C16H29IN4O. The Hall–Kier alpha value is -0.890. The van der Waals surface area contributed by atoms with E-state index in [0.29, 0.717) is 12.0 Å². The van der Waals surface area contributed by atoms with Crippen molar-refractivity contribution in [3.63, 3.8) is 0 Å². The number of guanidine groups is 1. The Morgan fingerprint density at radius 2 is 1.91 bits per heavy atom. The number of nitrogens with zero attached hydrogens (tertiary/aromatic N) is 2. The number of aromatic nitrogens is 1. The Kier molecular flexibility index (Phi) is 11.2. The zero-order chi connectivity index (χ0) is 15.7. The molecule has 4 N–H and O–H groups in total. The predicted octanol–water partition coefficient (Wildman–Crippen LogP) is 2.85. The monoisotopic (exact) mass is 420 g/mol. The van der Waals surface area contributed by atoms with Crippen LogP contribution in [0.15, 0.2) is 29.5 Å². The van der Waals surface area contributed by atoms with Crippen molar-refractivity contribution in [3.05, 3.63) is 30.1 Å². The van der Waals surface area contributed by atoms with Crippen LogP contribution in [0.25, 0.3) is 0 Å². The second-order valence-corrected chi connectivity index (χ2v) is 5.89. The summed E-state index contributed by atoms with van der Waals surface area (Å²) in [6, 6.07) is 3.85. The maximum atomic E-state index is 9.99. The van der Waals surface area contributed by atoms with E-state index < -0.39 is 6.10 Å². The molecule has 0 radical (unpaired) electrons. The van der Waals surface area contributed by atoms with Crippen LogP contribution in [0, 0.1) is 5.92 Å². The van der Waals surface area contributed by atoms with Crippen molar-refractivity contribution in [1.29, 1.82) is 0 Å². The smallest absolute Gasteiger partial charge is 0.188 e. The first kappa shape index (κ1) is 21.1. The molecule has 0 amide bonds.